The Morgan fingerprint density at radius 1 is 1.07 bits per heavy atom. The van der Waals surface area contributed by atoms with Crippen molar-refractivity contribution in [1.29, 1.82) is 0 Å². The third kappa shape index (κ3) is 3.63. The molecular weight excluding hydrogens is 370 g/mol. The molecule has 0 saturated carbocycles. The smallest absolute Gasteiger partial charge is 0.143 e. The highest BCUT2D eigenvalue weighted by atomic mass is 16.5. The zero-order valence-corrected chi connectivity index (χ0v) is 17.6. The maximum Gasteiger partial charge on any atom is 0.143 e. The maximum absolute atomic E-state index is 5.53. The molecule has 1 atom stereocenters. The molecule has 0 spiro atoms. The highest BCUT2D eigenvalue weighted by Gasteiger charge is 2.20. The molecule has 3 heterocycles. The second-order valence-corrected chi connectivity index (χ2v) is 8.33. The summed E-state index contributed by atoms with van der Waals surface area (Å²) >= 11 is 0. The number of aromatic nitrogens is 2. The van der Waals surface area contributed by atoms with Crippen LogP contribution in [0.1, 0.15) is 31.1 Å². The van der Waals surface area contributed by atoms with Crippen LogP contribution in [0.15, 0.2) is 65.2 Å². The van der Waals surface area contributed by atoms with Crippen molar-refractivity contribution < 1.29 is 4.52 Å². The number of hydrogen-bond acceptors (Lipinski definition) is 4. The molecule has 5 rings (SSSR count). The van der Waals surface area contributed by atoms with E-state index in [9.17, 15) is 0 Å². The third-order valence-electron chi connectivity index (χ3n) is 6.30. The molecule has 2 aromatic carbocycles. The summed E-state index contributed by atoms with van der Waals surface area (Å²) in [5.41, 5.74) is 6.13. The molecule has 0 N–H and O–H groups in total. The molecule has 152 valence electrons. The first-order valence-corrected chi connectivity index (χ1v) is 10.8. The van der Waals surface area contributed by atoms with E-state index >= 15 is 0 Å². The molecule has 4 nitrogen and oxygen atoms in total. The van der Waals surface area contributed by atoms with Crippen molar-refractivity contribution in [3.05, 3.63) is 72.0 Å². The first-order chi connectivity index (χ1) is 14.7. The second kappa shape index (κ2) is 8.04. The molecule has 0 aliphatic carbocycles. The predicted molar refractivity (Wildman–Crippen MR) is 121 cm³/mol. The van der Waals surface area contributed by atoms with Gasteiger partial charge in [-0.25, -0.2) is 4.98 Å². The molecule has 0 unspecified atom stereocenters. The molecule has 4 aromatic rings. The minimum atomic E-state index is 0.723. The maximum atomic E-state index is 5.53. The number of fused-ring (bicyclic) bond motifs is 1. The van der Waals surface area contributed by atoms with Gasteiger partial charge in [0, 0.05) is 23.5 Å². The Morgan fingerprint density at radius 3 is 2.73 bits per heavy atom. The van der Waals surface area contributed by atoms with E-state index in [1.165, 1.54) is 30.3 Å². The average Bonchev–Trinajstić information content (AvgIpc) is 3.37. The minimum Gasteiger partial charge on any atom is -0.360 e. The number of rotatable bonds is 5. The van der Waals surface area contributed by atoms with Crippen molar-refractivity contribution in [2.24, 2.45) is 0 Å². The van der Waals surface area contributed by atoms with Crippen LogP contribution in [0.3, 0.4) is 0 Å². The van der Waals surface area contributed by atoms with Gasteiger partial charge in [-0.3, -0.25) is 0 Å². The summed E-state index contributed by atoms with van der Waals surface area (Å²) in [6, 6.07) is 21.8. The Bertz CT molecular complexity index is 1170. The molecular formula is C26H27N3O. The minimum absolute atomic E-state index is 0.723. The fourth-order valence-electron chi connectivity index (χ4n) is 4.53. The van der Waals surface area contributed by atoms with Crippen LogP contribution in [-0.2, 0) is 6.42 Å². The second-order valence-electron chi connectivity index (χ2n) is 8.33. The molecule has 2 aromatic heterocycles. The number of pyridine rings is 1. The first kappa shape index (κ1) is 19.0. The Kier molecular flexibility index (Phi) is 5.09. The third-order valence-corrected chi connectivity index (χ3v) is 6.30. The van der Waals surface area contributed by atoms with Gasteiger partial charge in [-0.15, -0.1) is 0 Å². The van der Waals surface area contributed by atoms with Crippen molar-refractivity contribution in [2.45, 2.75) is 39.2 Å². The van der Waals surface area contributed by atoms with E-state index < -0.39 is 0 Å². The van der Waals surface area contributed by atoms with Gasteiger partial charge in [0.15, 0.2) is 0 Å². The highest BCUT2D eigenvalue weighted by molar-refractivity contribution is 5.86. The molecule has 0 bridgehead atoms. The van der Waals surface area contributed by atoms with Gasteiger partial charge in [0.05, 0.1) is 16.8 Å². The monoisotopic (exact) mass is 397 g/mol. The molecule has 0 amide bonds. The topological polar surface area (TPSA) is 42.2 Å². The normalized spacial score (nSPS) is 17.1. The van der Waals surface area contributed by atoms with Crippen LogP contribution in [0.5, 0.6) is 0 Å². The lowest BCUT2D eigenvalue weighted by atomic mass is 10.0. The van der Waals surface area contributed by atoms with E-state index in [4.69, 9.17) is 9.51 Å². The summed E-state index contributed by atoms with van der Waals surface area (Å²) in [4.78, 5) is 7.55. The number of benzene rings is 2. The van der Waals surface area contributed by atoms with Gasteiger partial charge in [0.25, 0.3) is 0 Å². The Labute approximate surface area is 177 Å². The van der Waals surface area contributed by atoms with Crippen molar-refractivity contribution in [3.8, 4) is 22.5 Å². The summed E-state index contributed by atoms with van der Waals surface area (Å²) in [5, 5.41) is 5.49. The quantitative estimate of drug-likeness (QED) is 0.421. The van der Waals surface area contributed by atoms with Crippen LogP contribution in [-0.4, -0.2) is 34.2 Å². The van der Waals surface area contributed by atoms with Crippen LogP contribution < -0.4 is 0 Å². The van der Waals surface area contributed by atoms with Crippen LogP contribution in [0.25, 0.3) is 33.4 Å². The lowest BCUT2D eigenvalue weighted by Gasteiger charge is -2.20. The molecule has 0 radical (unpaired) electrons. The van der Waals surface area contributed by atoms with Gasteiger partial charge in [0.2, 0.25) is 0 Å². The van der Waals surface area contributed by atoms with Crippen molar-refractivity contribution in [1.82, 2.24) is 15.0 Å². The van der Waals surface area contributed by atoms with Crippen molar-refractivity contribution in [2.75, 3.05) is 13.1 Å². The predicted octanol–water partition coefficient (Wildman–Crippen LogP) is 5.89. The number of nitrogens with zero attached hydrogens (tertiary/aromatic N) is 3. The summed E-state index contributed by atoms with van der Waals surface area (Å²) in [6.07, 6.45) is 3.75. The van der Waals surface area contributed by atoms with Crippen LogP contribution in [0.4, 0.5) is 0 Å². The fraction of sp³-hybridized carbons (Fsp3) is 0.308. The molecule has 1 aliphatic heterocycles. The molecule has 4 heteroatoms. The van der Waals surface area contributed by atoms with E-state index in [0.29, 0.717) is 0 Å². The summed E-state index contributed by atoms with van der Waals surface area (Å²) in [5.74, 6) is 0.789. The zero-order valence-electron chi connectivity index (χ0n) is 17.6. The summed E-state index contributed by atoms with van der Waals surface area (Å²) in [6.45, 7) is 6.67. The van der Waals surface area contributed by atoms with Crippen molar-refractivity contribution in [3.63, 3.8) is 0 Å². The van der Waals surface area contributed by atoms with Crippen LogP contribution >= 0.6 is 0 Å². The Balaban J connectivity index is 1.43. The number of aryl methyl sites for hydroxylation is 1. The summed E-state index contributed by atoms with van der Waals surface area (Å²) < 4.78 is 5.53. The molecule has 1 fully saturated rings. The van der Waals surface area contributed by atoms with Gasteiger partial charge < -0.3 is 9.42 Å². The highest BCUT2D eigenvalue weighted by Crippen LogP contribution is 2.34. The van der Waals surface area contributed by atoms with Gasteiger partial charge >= 0.3 is 0 Å². The summed E-state index contributed by atoms with van der Waals surface area (Å²) in [7, 11) is 0. The van der Waals surface area contributed by atoms with Crippen LogP contribution in [0, 0.1) is 6.92 Å². The zero-order chi connectivity index (χ0) is 20.5. The van der Waals surface area contributed by atoms with Crippen LogP contribution in [0.2, 0.25) is 0 Å². The van der Waals surface area contributed by atoms with E-state index in [2.05, 4.69) is 59.4 Å². The standard InChI is InChI=1S/C26H27N3O/c1-18-7-6-15-29(18)16-14-20-10-12-23-22(17-20)11-13-24(27-23)25-19(2)30-28-26(25)21-8-4-3-5-9-21/h3-5,8-13,17-18H,6-7,14-16H2,1-2H3/t18-/m1/s1. The van der Waals surface area contributed by atoms with E-state index in [1.807, 2.05) is 25.1 Å². The number of likely N-dealkylation sites (tertiary alicyclic amines) is 1. The van der Waals surface area contributed by atoms with Gasteiger partial charge in [0.1, 0.15) is 11.5 Å². The lowest BCUT2D eigenvalue weighted by molar-refractivity contribution is 0.272. The van der Waals surface area contributed by atoms with E-state index in [-0.39, 0.29) is 0 Å². The average molecular weight is 398 g/mol. The van der Waals surface area contributed by atoms with E-state index in [0.717, 1.165) is 52.8 Å². The molecule has 1 saturated heterocycles. The van der Waals surface area contributed by atoms with E-state index in [1.54, 1.807) is 0 Å². The molecule has 1 aliphatic rings. The fourth-order valence-corrected chi connectivity index (χ4v) is 4.53. The Hall–Kier alpha value is -2.98. The SMILES string of the molecule is Cc1onc(-c2ccccc2)c1-c1ccc2cc(CCN3CCC[C@H]3C)ccc2n1. The van der Waals surface area contributed by atoms with Gasteiger partial charge in [-0.1, -0.05) is 47.6 Å². The Morgan fingerprint density at radius 2 is 1.93 bits per heavy atom. The molecule has 30 heavy (non-hydrogen) atoms. The first-order valence-electron chi connectivity index (χ1n) is 10.8. The van der Waals surface area contributed by atoms with Crippen molar-refractivity contribution >= 4 is 10.9 Å². The largest absolute Gasteiger partial charge is 0.360 e. The lowest BCUT2D eigenvalue weighted by Crippen LogP contribution is -2.28. The van der Waals surface area contributed by atoms with Gasteiger partial charge in [-0.05, 0) is 63.4 Å². The van der Waals surface area contributed by atoms with Gasteiger partial charge in [-0.2, -0.15) is 0 Å². The number of hydrogen-bond donors (Lipinski definition) is 0.